The summed E-state index contributed by atoms with van der Waals surface area (Å²) in [5.41, 5.74) is 19.7. The van der Waals surface area contributed by atoms with E-state index in [4.69, 9.17) is 9.97 Å². The Labute approximate surface area is 492 Å². The van der Waals surface area contributed by atoms with Crippen LogP contribution < -0.4 is 0 Å². The van der Waals surface area contributed by atoms with E-state index in [1.165, 1.54) is 49.0 Å². The van der Waals surface area contributed by atoms with Gasteiger partial charge in [0.1, 0.15) is 0 Å². The summed E-state index contributed by atoms with van der Waals surface area (Å²) in [7, 11) is 0. The first-order chi connectivity index (χ1) is 41.9. The van der Waals surface area contributed by atoms with Crippen LogP contribution >= 0.6 is 0 Å². The third kappa shape index (κ3) is 8.34. The number of benzene rings is 13. The Bertz CT molecular complexity index is 5390. The Kier molecular flexibility index (Phi) is 11.6. The van der Waals surface area contributed by atoms with Gasteiger partial charge in [0.2, 0.25) is 0 Å². The van der Waals surface area contributed by atoms with Crippen molar-refractivity contribution in [2.75, 3.05) is 0 Å². The molecule has 13 aromatic carbocycles. The Hall–Kier alpha value is -11.3. The fourth-order valence-corrected chi connectivity index (χ4v) is 13.7. The van der Waals surface area contributed by atoms with Crippen LogP contribution in [0.15, 0.2) is 273 Å². The molecule has 2 unspecified atom stereocenters. The molecule has 394 valence electrons. The van der Waals surface area contributed by atoms with Gasteiger partial charge in [-0.2, -0.15) is 10.5 Å². The van der Waals surface area contributed by atoms with Crippen LogP contribution in [0.2, 0.25) is 0 Å². The lowest BCUT2D eigenvalue weighted by Gasteiger charge is -2.35. The van der Waals surface area contributed by atoms with Crippen molar-refractivity contribution in [3.05, 3.63) is 301 Å². The zero-order chi connectivity index (χ0) is 56.7. The van der Waals surface area contributed by atoms with E-state index >= 15 is 0 Å². The summed E-state index contributed by atoms with van der Waals surface area (Å²) in [5, 5.41) is 33.9. The summed E-state index contributed by atoms with van der Waals surface area (Å²) >= 11 is 0. The highest BCUT2D eigenvalue weighted by molar-refractivity contribution is 6.17. The molecule has 0 aliphatic heterocycles. The summed E-state index contributed by atoms with van der Waals surface area (Å²) in [5.74, 6) is 0.0683. The van der Waals surface area contributed by atoms with Crippen LogP contribution in [0, 0.1) is 22.7 Å². The van der Waals surface area contributed by atoms with Crippen LogP contribution in [0.5, 0.6) is 0 Å². The number of nitriles is 2. The molecule has 2 atom stereocenters. The van der Waals surface area contributed by atoms with E-state index in [0.29, 0.717) is 11.1 Å². The molecule has 0 N–H and O–H groups in total. The Balaban J connectivity index is 0.788. The predicted molar refractivity (Wildman–Crippen MR) is 351 cm³/mol. The third-order valence-corrected chi connectivity index (χ3v) is 17.9. The van der Waals surface area contributed by atoms with E-state index in [9.17, 15) is 10.5 Å². The molecule has 0 radical (unpaired) electrons. The van der Waals surface area contributed by atoms with Gasteiger partial charge in [0.15, 0.2) is 0 Å². The maximum absolute atomic E-state index is 11.0. The van der Waals surface area contributed by atoms with Crippen molar-refractivity contribution in [3.8, 4) is 90.4 Å². The molecule has 16 rings (SSSR count). The summed E-state index contributed by atoms with van der Waals surface area (Å²) in [6.07, 6.45) is 0. The van der Waals surface area contributed by atoms with Gasteiger partial charge in [0, 0.05) is 33.4 Å². The fraction of sp³-hybridized carbons (Fsp3) is 0.0370. The molecular formula is C81H50N4. The molecule has 1 aliphatic rings. The number of rotatable bonds is 7. The van der Waals surface area contributed by atoms with Crippen LogP contribution in [-0.4, -0.2) is 9.97 Å². The minimum absolute atomic E-state index is 0.0267. The van der Waals surface area contributed by atoms with Crippen molar-refractivity contribution in [3.63, 3.8) is 0 Å². The molecule has 15 aromatic rings. The summed E-state index contributed by atoms with van der Waals surface area (Å²) in [6, 6.07) is 102. The quantitative estimate of drug-likeness (QED) is 0.149. The van der Waals surface area contributed by atoms with Gasteiger partial charge in [-0.15, -0.1) is 0 Å². The number of hydrogen-bond donors (Lipinski definition) is 0. The normalized spacial score (nSPS) is 13.7. The van der Waals surface area contributed by atoms with E-state index in [1.807, 2.05) is 30.3 Å². The second-order valence-electron chi connectivity index (χ2n) is 22.6. The molecule has 85 heavy (non-hydrogen) atoms. The van der Waals surface area contributed by atoms with Crippen LogP contribution in [0.25, 0.3) is 143 Å². The molecule has 4 nitrogen and oxygen atoms in total. The van der Waals surface area contributed by atoms with Gasteiger partial charge in [-0.1, -0.05) is 225 Å². The topological polar surface area (TPSA) is 73.4 Å². The Morgan fingerprint density at radius 1 is 0.318 bits per heavy atom. The van der Waals surface area contributed by atoms with E-state index in [0.717, 1.165) is 111 Å². The first kappa shape index (κ1) is 49.5. The highest BCUT2D eigenvalue weighted by Crippen LogP contribution is 2.53. The number of pyridine rings is 2. The van der Waals surface area contributed by atoms with Crippen LogP contribution in [-0.2, 0) is 0 Å². The fourth-order valence-electron chi connectivity index (χ4n) is 13.7. The van der Waals surface area contributed by atoms with Crippen molar-refractivity contribution in [2.45, 2.75) is 18.8 Å². The first-order valence-electron chi connectivity index (χ1n) is 29.0. The molecule has 0 saturated heterocycles. The number of fused-ring (bicyclic) bond motifs is 10. The van der Waals surface area contributed by atoms with E-state index in [-0.39, 0.29) is 11.8 Å². The van der Waals surface area contributed by atoms with Gasteiger partial charge in [0.05, 0.1) is 45.9 Å². The Morgan fingerprint density at radius 2 is 0.800 bits per heavy atom. The molecule has 0 spiro atoms. The maximum Gasteiger partial charge on any atom is 0.0998 e. The monoisotopic (exact) mass is 1080 g/mol. The molecule has 0 fully saturated rings. The molecular weight excluding hydrogens is 1030 g/mol. The average molecular weight is 1080 g/mol. The van der Waals surface area contributed by atoms with Crippen molar-refractivity contribution < 1.29 is 0 Å². The smallest absolute Gasteiger partial charge is 0.0998 e. The van der Waals surface area contributed by atoms with Gasteiger partial charge in [0.25, 0.3) is 0 Å². The molecule has 2 heterocycles. The lowest BCUT2D eigenvalue weighted by atomic mass is 9.69. The van der Waals surface area contributed by atoms with Crippen molar-refractivity contribution in [1.82, 2.24) is 9.97 Å². The summed E-state index contributed by atoms with van der Waals surface area (Å²) < 4.78 is 0. The van der Waals surface area contributed by atoms with Gasteiger partial charge >= 0.3 is 0 Å². The summed E-state index contributed by atoms with van der Waals surface area (Å²) in [4.78, 5) is 11.0. The van der Waals surface area contributed by atoms with Crippen LogP contribution in [0.4, 0.5) is 0 Å². The first-order valence-corrected chi connectivity index (χ1v) is 29.0. The van der Waals surface area contributed by atoms with Crippen molar-refractivity contribution in [1.29, 1.82) is 10.5 Å². The van der Waals surface area contributed by atoms with Crippen molar-refractivity contribution >= 4 is 64.8 Å². The zero-order valence-electron chi connectivity index (χ0n) is 46.4. The lowest BCUT2D eigenvalue weighted by molar-refractivity contribution is 0.648. The third-order valence-electron chi connectivity index (χ3n) is 17.9. The molecule has 0 saturated carbocycles. The predicted octanol–water partition coefficient (Wildman–Crippen LogP) is 21.1. The van der Waals surface area contributed by atoms with Gasteiger partial charge < -0.3 is 0 Å². The second kappa shape index (κ2) is 20.0. The van der Waals surface area contributed by atoms with E-state index < -0.39 is 0 Å². The van der Waals surface area contributed by atoms with Gasteiger partial charge in [-0.3, -0.25) is 0 Å². The summed E-state index contributed by atoms with van der Waals surface area (Å²) in [6.45, 7) is 2.35. The average Bonchev–Trinajstić information content (AvgIpc) is 2.22. The highest BCUT2D eigenvalue weighted by atomic mass is 14.7. The molecule has 2 aromatic heterocycles. The van der Waals surface area contributed by atoms with Crippen LogP contribution in [0.1, 0.15) is 46.6 Å². The van der Waals surface area contributed by atoms with Gasteiger partial charge in [-0.25, -0.2) is 9.97 Å². The zero-order valence-corrected chi connectivity index (χ0v) is 46.4. The van der Waals surface area contributed by atoms with E-state index in [1.54, 1.807) is 0 Å². The standard InChI is InChI=1S/C81H50N4/c1-49-78(69-23-11-13-25-71(69)81-79(49)74(61-33-28-52-16-4-7-19-55(52)40-61)46-77(85-81)67-21-9-8-20-64(67)47-82)63-35-30-56-41-58(34-29-57(56)42-63)66-37-36-62(43-65(66)48-83)76-45-73(60-32-27-51-15-3-6-18-54(51)39-60)75-44-72(68-22-10-12-24-70(68)80(75)84-76)59-31-26-50-14-2-5-17-53(50)38-59/h2-46,49,78H,1H3. The Morgan fingerprint density at radius 3 is 1.46 bits per heavy atom. The van der Waals surface area contributed by atoms with E-state index in [2.05, 4.69) is 262 Å². The minimum atomic E-state index is 0.0267. The lowest BCUT2D eigenvalue weighted by Crippen LogP contribution is -2.19. The largest absolute Gasteiger partial charge is 0.247 e. The minimum Gasteiger partial charge on any atom is -0.247 e. The second-order valence-corrected chi connectivity index (χ2v) is 22.6. The number of aromatic nitrogens is 2. The van der Waals surface area contributed by atoms with Crippen LogP contribution in [0.3, 0.4) is 0 Å². The molecule has 4 heteroatoms. The maximum atomic E-state index is 11.0. The number of nitrogens with zero attached hydrogens (tertiary/aromatic N) is 4. The molecule has 1 aliphatic carbocycles. The van der Waals surface area contributed by atoms with Gasteiger partial charge in [-0.05, 0) is 170 Å². The molecule has 0 bridgehead atoms. The highest BCUT2D eigenvalue weighted by Gasteiger charge is 2.36. The van der Waals surface area contributed by atoms with Crippen molar-refractivity contribution in [2.24, 2.45) is 0 Å². The number of hydrogen-bond acceptors (Lipinski definition) is 4. The SMILES string of the molecule is CC1c2c(-c3ccc4ccccc4c3)cc(-c3ccccc3C#N)nc2-c2ccccc2C1c1ccc2cc(-c3ccc(-c4cc(-c5ccc6ccccc6c5)c5cc(-c6ccc7ccccc7c6)c6ccccc6c5n4)cc3C#N)ccc2c1. The molecule has 0 amide bonds.